The molecule has 1 aliphatic rings. The average Bonchev–Trinajstić information content (AvgIpc) is 2.96. The number of aliphatic imine (C=N–C) groups is 1. The molecule has 0 atom stereocenters. The number of benzene rings is 1. The van der Waals surface area contributed by atoms with E-state index in [4.69, 9.17) is 4.74 Å². The molecule has 2 rings (SSSR count). The molecule has 0 amide bonds. The molecular formula is C15H23N3O. The van der Waals surface area contributed by atoms with Crippen LogP contribution in [0.15, 0.2) is 29.3 Å². The van der Waals surface area contributed by atoms with Crippen LogP contribution in [0.4, 0.5) is 0 Å². The number of methoxy groups -OCH3 is 1. The van der Waals surface area contributed by atoms with Crippen LogP contribution in [-0.2, 0) is 6.54 Å². The highest BCUT2D eigenvalue weighted by Crippen LogP contribution is 2.18. The standard InChI is InChI=1S/C15H23N3O/c1-16-15(18-13-8-4-5-9-13)17-11-12-7-3-6-10-14(12)19-2/h3,6-7,10,13H,4-5,8-9,11H2,1-2H3,(H2,16,17,18). The SMILES string of the molecule is CN=C(NCc1ccccc1OC)NC1CCCC1. The van der Waals surface area contributed by atoms with Gasteiger partial charge >= 0.3 is 0 Å². The number of guanidine groups is 1. The monoisotopic (exact) mass is 261 g/mol. The third kappa shape index (κ3) is 3.88. The zero-order valence-corrected chi connectivity index (χ0v) is 11.8. The molecular weight excluding hydrogens is 238 g/mol. The Morgan fingerprint density at radius 3 is 2.74 bits per heavy atom. The fraction of sp³-hybridized carbons (Fsp3) is 0.533. The summed E-state index contributed by atoms with van der Waals surface area (Å²) in [5.74, 6) is 1.78. The Labute approximate surface area is 115 Å². The Balaban J connectivity index is 1.88. The van der Waals surface area contributed by atoms with Gasteiger partial charge in [0.15, 0.2) is 5.96 Å². The van der Waals surface area contributed by atoms with Crippen LogP contribution < -0.4 is 15.4 Å². The quantitative estimate of drug-likeness (QED) is 0.646. The van der Waals surface area contributed by atoms with E-state index < -0.39 is 0 Å². The second kappa shape index (κ2) is 7.02. The van der Waals surface area contributed by atoms with Crippen molar-refractivity contribution in [1.82, 2.24) is 10.6 Å². The van der Waals surface area contributed by atoms with Crippen LogP contribution in [0.3, 0.4) is 0 Å². The molecule has 0 radical (unpaired) electrons. The van der Waals surface area contributed by atoms with Crippen LogP contribution in [0.25, 0.3) is 0 Å². The van der Waals surface area contributed by atoms with Gasteiger partial charge in [0.25, 0.3) is 0 Å². The van der Waals surface area contributed by atoms with Gasteiger partial charge in [-0.15, -0.1) is 0 Å². The van der Waals surface area contributed by atoms with Crippen molar-refractivity contribution in [2.24, 2.45) is 4.99 Å². The van der Waals surface area contributed by atoms with Gasteiger partial charge in [0.2, 0.25) is 0 Å². The fourth-order valence-electron chi connectivity index (χ4n) is 2.49. The highest BCUT2D eigenvalue weighted by Gasteiger charge is 2.15. The van der Waals surface area contributed by atoms with Crippen LogP contribution in [0.5, 0.6) is 5.75 Å². The van der Waals surface area contributed by atoms with Crippen LogP contribution in [-0.4, -0.2) is 26.2 Å². The van der Waals surface area contributed by atoms with E-state index in [9.17, 15) is 0 Å². The Kier molecular flexibility index (Phi) is 5.07. The molecule has 0 saturated heterocycles. The summed E-state index contributed by atoms with van der Waals surface area (Å²) in [6.45, 7) is 0.719. The first-order valence-corrected chi connectivity index (χ1v) is 6.92. The molecule has 0 bridgehead atoms. The minimum atomic E-state index is 0.573. The van der Waals surface area contributed by atoms with Gasteiger partial charge in [-0.2, -0.15) is 0 Å². The summed E-state index contributed by atoms with van der Waals surface area (Å²) in [4.78, 5) is 4.28. The van der Waals surface area contributed by atoms with E-state index in [0.717, 1.165) is 23.8 Å². The number of nitrogens with zero attached hydrogens (tertiary/aromatic N) is 1. The van der Waals surface area contributed by atoms with Crippen LogP contribution in [0.1, 0.15) is 31.2 Å². The largest absolute Gasteiger partial charge is 0.496 e. The molecule has 0 aliphatic heterocycles. The predicted octanol–water partition coefficient (Wildman–Crippen LogP) is 2.30. The van der Waals surface area contributed by atoms with Gasteiger partial charge in [-0.3, -0.25) is 4.99 Å². The molecule has 1 aromatic rings. The van der Waals surface area contributed by atoms with E-state index in [1.54, 1.807) is 7.11 Å². The molecule has 1 fully saturated rings. The number of hydrogen-bond acceptors (Lipinski definition) is 2. The van der Waals surface area contributed by atoms with Crippen molar-refractivity contribution in [2.75, 3.05) is 14.2 Å². The Morgan fingerprint density at radius 1 is 1.32 bits per heavy atom. The molecule has 1 aliphatic carbocycles. The molecule has 4 nitrogen and oxygen atoms in total. The van der Waals surface area contributed by atoms with Gasteiger partial charge in [-0.25, -0.2) is 0 Å². The summed E-state index contributed by atoms with van der Waals surface area (Å²) in [5.41, 5.74) is 1.14. The van der Waals surface area contributed by atoms with Crippen molar-refractivity contribution in [3.05, 3.63) is 29.8 Å². The van der Waals surface area contributed by atoms with E-state index in [1.807, 2.05) is 25.2 Å². The van der Waals surface area contributed by atoms with E-state index in [2.05, 4.69) is 21.7 Å². The van der Waals surface area contributed by atoms with Gasteiger partial charge < -0.3 is 15.4 Å². The predicted molar refractivity (Wildman–Crippen MR) is 78.6 cm³/mol. The Bertz CT molecular complexity index is 425. The minimum Gasteiger partial charge on any atom is -0.496 e. The average molecular weight is 261 g/mol. The molecule has 1 saturated carbocycles. The van der Waals surface area contributed by atoms with Crippen molar-refractivity contribution in [3.63, 3.8) is 0 Å². The maximum atomic E-state index is 5.34. The molecule has 19 heavy (non-hydrogen) atoms. The lowest BCUT2D eigenvalue weighted by molar-refractivity contribution is 0.409. The third-order valence-electron chi connectivity index (χ3n) is 3.56. The number of nitrogens with one attached hydrogen (secondary N) is 2. The summed E-state index contributed by atoms with van der Waals surface area (Å²) >= 11 is 0. The zero-order chi connectivity index (χ0) is 13.5. The molecule has 0 spiro atoms. The number of hydrogen-bond donors (Lipinski definition) is 2. The van der Waals surface area contributed by atoms with Gasteiger partial charge in [0.05, 0.1) is 7.11 Å². The summed E-state index contributed by atoms with van der Waals surface area (Å²) < 4.78 is 5.34. The second-order valence-corrected chi connectivity index (χ2v) is 4.86. The smallest absolute Gasteiger partial charge is 0.191 e. The highest BCUT2D eigenvalue weighted by atomic mass is 16.5. The summed E-state index contributed by atoms with van der Waals surface area (Å²) in [7, 11) is 3.51. The van der Waals surface area contributed by atoms with Crippen molar-refractivity contribution in [3.8, 4) is 5.75 Å². The number of ether oxygens (including phenoxy) is 1. The number of rotatable bonds is 4. The highest BCUT2D eigenvalue weighted by molar-refractivity contribution is 5.80. The van der Waals surface area contributed by atoms with E-state index in [1.165, 1.54) is 25.7 Å². The summed E-state index contributed by atoms with van der Waals surface area (Å²) in [6.07, 6.45) is 5.13. The van der Waals surface area contributed by atoms with Crippen molar-refractivity contribution in [2.45, 2.75) is 38.3 Å². The molecule has 0 heterocycles. The normalized spacial score (nSPS) is 16.4. The van der Waals surface area contributed by atoms with Crippen LogP contribution >= 0.6 is 0 Å². The molecule has 1 aromatic carbocycles. The lowest BCUT2D eigenvalue weighted by atomic mass is 10.2. The summed E-state index contributed by atoms with van der Waals surface area (Å²) in [5, 5.41) is 6.82. The first kappa shape index (κ1) is 13.7. The molecule has 4 heteroatoms. The van der Waals surface area contributed by atoms with Gasteiger partial charge in [0.1, 0.15) is 5.75 Å². The molecule has 2 N–H and O–H groups in total. The van der Waals surface area contributed by atoms with E-state index in [-0.39, 0.29) is 0 Å². The summed E-state index contributed by atoms with van der Waals surface area (Å²) in [6, 6.07) is 8.61. The maximum absolute atomic E-state index is 5.34. The lowest BCUT2D eigenvalue weighted by Gasteiger charge is -2.17. The third-order valence-corrected chi connectivity index (χ3v) is 3.56. The van der Waals surface area contributed by atoms with E-state index >= 15 is 0 Å². The van der Waals surface area contributed by atoms with E-state index in [0.29, 0.717) is 6.04 Å². The van der Waals surface area contributed by atoms with Gasteiger partial charge in [-0.1, -0.05) is 31.0 Å². The number of para-hydroxylation sites is 1. The van der Waals surface area contributed by atoms with Crippen LogP contribution in [0.2, 0.25) is 0 Å². The molecule has 0 unspecified atom stereocenters. The minimum absolute atomic E-state index is 0.573. The fourth-order valence-corrected chi connectivity index (χ4v) is 2.49. The second-order valence-electron chi connectivity index (χ2n) is 4.86. The van der Waals surface area contributed by atoms with Crippen molar-refractivity contribution < 1.29 is 4.74 Å². The van der Waals surface area contributed by atoms with Gasteiger partial charge in [-0.05, 0) is 18.9 Å². The van der Waals surface area contributed by atoms with Crippen LogP contribution in [0, 0.1) is 0 Å². The van der Waals surface area contributed by atoms with Gasteiger partial charge in [0, 0.05) is 25.2 Å². The Morgan fingerprint density at radius 2 is 2.05 bits per heavy atom. The maximum Gasteiger partial charge on any atom is 0.191 e. The zero-order valence-electron chi connectivity index (χ0n) is 11.8. The molecule has 104 valence electrons. The first-order chi connectivity index (χ1) is 9.33. The van der Waals surface area contributed by atoms with Crippen molar-refractivity contribution in [1.29, 1.82) is 0 Å². The Hall–Kier alpha value is -1.71. The topological polar surface area (TPSA) is 45.7 Å². The lowest BCUT2D eigenvalue weighted by Crippen LogP contribution is -2.41. The first-order valence-electron chi connectivity index (χ1n) is 6.92. The molecule has 0 aromatic heterocycles. The van der Waals surface area contributed by atoms with Crippen molar-refractivity contribution >= 4 is 5.96 Å².